The van der Waals surface area contributed by atoms with E-state index in [2.05, 4.69) is 71.9 Å². The maximum absolute atomic E-state index is 10.4. The average Bonchev–Trinajstić information content (AvgIpc) is 2.66. The number of hydrogen-bond acceptors (Lipinski definition) is 3. The monoisotopic (exact) mass is 388 g/mol. The summed E-state index contributed by atoms with van der Waals surface area (Å²) in [5.41, 5.74) is 4.00. The predicted molar refractivity (Wildman–Crippen MR) is 119 cm³/mol. The van der Waals surface area contributed by atoms with Gasteiger partial charge in [0.15, 0.2) is 0 Å². The highest BCUT2D eigenvalue weighted by Gasteiger charge is 2.06. The van der Waals surface area contributed by atoms with Crippen LogP contribution in [-0.4, -0.2) is 25.8 Å². The number of ether oxygens (including phenoxy) is 1. The Labute approximate surface area is 172 Å². The molecule has 0 aliphatic rings. The second-order valence-corrected chi connectivity index (χ2v) is 8.12. The van der Waals surface area contributed by atoms with Crippen molar-refractivity contribution in [3.63, 3.8) is 0 Å². The molecule has 3 nitrogen and oxygen atoms in total. The van der Waals surface area contributed by atoms with Gasteiger partial charge < -0.3 is 14.3 Å². The highest BCUT2D eigenvalue weighted by Crippen LogP contribution is 2.22. The summed E-state index contributed by atoms with van der Waals surface area (Å²) in [6.45, 7) is 13.9. The van der Waals surface area contributed by atoms with Crippen LogP contribution in [-0.2, 0) is 14.3 Å². The van der Waals surface area contributed by atoms with Gasteiger partial charge in [-0.1, -0.05) is 63.6 Å². The molecule has 0 spiro atoms. The van der Waals surface area contributed by atoms with Crippen molar-refractivity contribution in [3.8, 4) is 0 Å². The van der Waals surface area contributed by atoms with E-state index < -0.39 is 0 Å². The minimum Gasteiger partial charge on any atom is -0.374 e. The average molecular weight is 389 g/mol. The van der Waals surface area contributed by atoms with Crippen LogP contribution >= 0.6 is 0 Å². The lowest BCUT2D eigenvalue weighted by molar-refractivity contribution is -0.112. The largest absolute Gasteiger partial charge is 0.374 e. The Bertz CT molecular complexity index is 571. The van der Waals surface area contributed by atoms with E-state index in [0.29, 0.717) is 30.8 Å². The number of carbonyl (C=O) groups is 2. The summed E-state index contributed by atoms with van der Waals surface area (Å²) >= 11 is 0. The fraction of sp³-hybridized carbons (Fsp3) is 0.600. The van der Waals surface area contributed by atoms with E-state index in [1.807, 2.05) is 0 Å². The second-order valence-electron chi connectivity index (χ2n) is 8.12. The Balaban J connectivity index is 0.000000521. The molecule has 0 amide bonds. The van der Waals surface area contributed by atoms with Gasteiger partial charge in [0.05, 0.1) is 0 Å². The van der Waals surface area contributed by atoms with Crippen molar-refractivity contribution in [1.82, 2.24) is 0 Å². The van der Waals surface area contributed by atoms with Gasteiger partial charge in [0, 0.05) is 13.0 Å². The van der Waals surface area contributed by atoms with Gasteiger partial charge in [0.1, 0.15) is 19.2 Å². The van der Waals surface area contributed by atoms with Crippen molar-refractivity contribution in [2.45, 2.75) is 79.1 Å². The van der Waals surface area contributed by atoms with Crippen LogP contribution in [0.4, 0.5) is 0 Å². The zero-order valence-corrected chi connectivity index (χ0v) is 18.7. The molecule has 2 atom stereocenters. The molecule has 1 aromatic rings. The third kappa shape index (κ3) is 13.4. The zero-order valence-electron chi connectivity index (χ0n) is 18.7. The number of hydrogen-bond donors (Lipinski definition) is 0. The first-order valence-corrected chi connectivity index (χ1v) is 10.5. The van der Waals surface area contributed by atoms with Gasteiger partial charge in [-0.2, -0.15) is 0 Å². The van der Waals surface area contributed by atoms with Crippen LogP contribution in [0.25, 0.3) is 0 Å². The topological polar surface area (TPSA) is 43.4 Å². The quantitative estimate of drug-likeness (QED) is 0.234. The fourth-order valence-electron chi connectivity index (χ4n) is 2.72. The number of aldehydes is 2. The normalized spacial score (nSPS) is 12.5. The van der Waals surface area contributed by atoms with Gasteiger partial charge in [-0.3, -0.25) is 0 Å². The van der Waals surface area contributed by atoms with Crippen molar-refractivity contribution >= 4 is 12.6 Å². The number of allylic oxidation sites excluding steroid dienone is 2. The summed E-state index contributed by atoms with van der Waals surface area (Å²) in [6.07, 6.45) is 8.07. The smallest absolute Gasteiger partial charge is 0.145 e. The van der Waals surface area contributed by atoms with Crippen molar-refractivity contribution < 1.29 is 14.3 Å². The summed E-state index contributed by atoms with van der Waals surface area (Å²) in [5, 5.41) is 0. The molecule has 158 valence electrons. The van der Waals surface area contributed by atoms with Gasteiger partial charge >= 0.3 is 0 Å². The van der Waals surface area contributed by atoms with E-state index in [-0.39, 0.29) is 6.61 Å². The summed E-state index contributed by atoms with van der Waals surface area (Å²) in [6, 6.07) is 8.52. The molecule has 0 heterocycles. The first kappa shape index (κ1) is 26.3. The number of benzene rings is 1. The molecule has 0 fully saturated rings. The third-order valence-electron chi connectivity index (χ3n) is 4.75. The first-order valence-electron chi connectivity index (χ1n) is 10.5. The highest BCUT2D eigenvalue weighted by molar-refractivity contribution is 5.51. The Hall–Kier alpha value is -1.74. The number of carbonyl (C=O) groups excluding carboxylic acids is 2. The lowest BCUT2D eigenvalue weighted by Crippen LogP contribution is -2.03. The molecule has 0 aromatic heterocycles. The van der Waals surface area contributed by atoms with Crippen LogP contribution in [0.3, 0.4) is 0 Å². The van der Waals surface area contributed by atoms with Gasteiger partial charge in [-0.05, 0) is 62.0 Å². The summed E-state index contributed by atoms with van der Waals surface area (Å²) < 4.78 is 5.10. The van der Waals surface area contributed by atoms with Crippen molar-refractivity contribution in [3.05, 3.63) is 47.0 Å². The van der Waals surface area contributed by atoms with E-state index in [1.54, 1.807) is 0 Å². The lowest BCUT2D eigenvalue weighted by atomic mass is 9.93. The highest BCUT2D eigenvalue weighted by atomic mass is 16.5. The zero-order chi connectivity index (χ0) is 21.4. The molecule has 0 aliphatic heterocycles. The lowest BCUT2D eigenvalue weighted by Gasteiger charge is -2.11. The van der Waals surface area contributed by atoms with Crippen molar-refractivity contribution in [1.29, 1.82) is 0 Å². The van der Waals surface area contributed by atoms with Gasteiger partial charge in [0.2, 0.25) is 0 Å². The molecule has 0 aliphatic carbocycles. The summed E-state index contributed by atoms with van der Waals surface area (Å²) in [7, 11) is 0. The molecule has 0 saturated heterocycles. The van der Waals surface area contributed by atoms with Gasteiger partial charge in [0.25, 0.3) is 0 Å². The van der Waals surface area contributed by atoms with E-state index >= 15 is 0 Å². The molecule has 28 heavy (non-hydrogen) atoms. The molecule has 3 heteroatoms. The molecule has 0 N–H and O–H groups in total. The van der Waals surface area contributed by atoms with Crippen LogP contribution in [0.1, 0.15) is 90.2 Å². The third-order valence-corrected chi connectivity index (χ3v) is 4.75. The standard InChI is InChI=1S/C13H18O.C12H22O2/c1-10(2)12-5-4-6-13(9-12)11(3)7-8-14;1-11(2)5-4-6-12(3)7-9-14-10-8-13/h4-6,8-11H,7H2,1-3H3;5,8,12H,4,6-7,9-10H2,1-3H3. The molecule has 2 unspecified atom stereocenters. The van der Waals surface area contributed by atoms with Crippen molar-refractivity contribution in [2.75, 3.05) is 13.2 Å². The van der Waals surface area contributed by atoms with E-state index in [9.17, 15) is 9.59 Å². The molecular formula is C25H40O3. The molecule has 0 radical (unpaired) electrons. The van der Waals surface area contributed by atoms with E-state index in [4.69, 9.17) is 4.74 Å². The molecule has 0 bridgehead atoms. The molecule has 1 rings (SSSR count). The van der Waals surface area contributed by atoms with Crippen LogP contribution in [0, 0.1) is 5.92 Å². The minimum absolute atomic E-state index is 0.237. The summed E-state index contributed by atoms with van der Waals surface area (Å²) in [5.74, 6) is 1.57. The minimum atomic E-state index is 0.237. The Morgan fingerprint density at radius 1 is 1.00 bits per heavy atom. The molecule has 0 saturated carbocycles. The Morgan fingerprint density at radius 3 is 2.25 bits per heavy atom. The van der Waals surface area contributed by atoms with Gasteiger partial charge in [-0.25, -0.2) is 0 Å². The van der Waals surface area contributed by atoms with Crippen LogP contribution in [0.5, 0.6) is 0 Å². The van der Waals surface area contributed by atoms with Crippen LogP contribution in [0.15, 0.2) is 35.9 Å². The number of rotatable bonds is 12. The van der Waals surface area contributed by atoms with Gasteiger partial charge in [-0.15, -0.1) is 0 Å². The predicted octanol–water partition coefficient (Wildman–Crippen LogP) is 6.48. The van der Waals surface area contributed by atoms with Crippen LogP contribution < -0.4 is 0 Å². The Kier molecular flexibility index (Phi) is 15.2. The first-order chi connectivity index (χ1) is 13.3. The van der Waals surface area contributed by atoms with E-state index in [0.717, 1.165) is 25.4 Å². The Morgan fingerprint density at radius 2 is 1.68 bits per heavy atom. The maximum atomic E-state index is 10.4. The summed E-state index contributed by atoms with van der Waals surface area (Å²) in [4.78, 5) is 20.4. The van der Waals surface area contributed by atoms with Crippen molar-refractivity contribution in [2.24, 2.45) is 5.92 Å². The van der Waals surface area contributed by atoms with Crippen LogP contribution in [0.2, 0.25) is 0 Å². The maximum Gasteiger partial charge on any atom is 0.145 e. The molecular weight excluding hydrogens is 348 g/mol. The van der Waals surface area contributed by atoms with E-state index in [1.165, 1.54) is 23.1 Å². The molecule has 1 aromatic carbocycles. The second kappa shape index (κ2) is 16.2. The SMILES string of the molecule is CC(C)=CCCC(C)CCOCC=O.CC(C)c1cccc(C(C)CC=O)c1. The fourth-order valence-corrected chi connectivity index (χ4v) is 2.72.